The number of halogens is 3. The van der Waals surface area contributed by atoms with Gasteiger partial charge in [0.1, 0.15) is 5.15 Å². The first-order valence-corrected chi connectivity index (χ1v) is 7.08. The molecular formula is C13H9Cl3N4O2. The summed E-state index contributed by atoms with van der Waals surface area (Å²) in [5.41, 5.74) is 4.01. The third-order valence-electron chi connectivity index (χ3n) is 2.71. The molecular weight excluding hydrogens is 351 g/mol. The van der Waals surface area contributed by atoms with Crippen LogP contribution in [0, 0.1) is 10.1 Å². The highest BCUT2D eigenvalue weighted by atomic mass is 35.5. The van der Waals surface area contributed by atoms with Crippen molar-refractivity contribution in [3.8, 4) is 0 Å². The first-order chi connectivity index (χ1) is 10.4. The summed E-state index contributed by atoms with van der Waals surface area (Å²) in [5, 5.41) is 15.4. The van der Waals surface area contributed by atoms with Crippen molar-refractivity contribution in [3.63, 3.8) is 0 Å². The van der Waals surface area contributed by atoms with Gasteiger partial charge >= 0.3 is 0 Å². The summed E-state index contributed by atoms with van der Waals surface area (Å²) in [4.78, 5) is 14.1. The predicted molar refractivity (Wildman–Crippen MR) is 88.2 cm³/mol. The third-order valence-corrected chi connectivity index (χ3v) is 3.67. The van der Waals surface area contributed by atoms with E-state index >= 15 is 0 Å². The lowest BCUT2D eigenvalue weighted by Gasteiger charge is -2.06. The van der Waals surface area contributed by atoms with Crippen LogP contribution in [0.2, 0.25) is 15.2 Å². The van der Waals surface area contributed by atoms with Crippen molar-refractivity contribution < 1.29 is 4.92 Å². The number of pyridine rings is 1. The van der Waals surface area contributed by atoms with Gasteiger partial charge in [0.15, 0.2) is 5.82 Å². The number of nitrogens with zero attached hydrogens (tertiary/aromatic N) is 3. The molecule has 1 N–H and O–H groups in total. The van der Waals surface area contributed by atoms with Gasteiger partial charge in [0.25, 0.3) is 5.69 Å². The molecule has 9 heteroatoms. The number of benzene rings is 1. The molecule has 0 fully saturated rings. The zero-order valence-electron chi connectivity index (χ0n) is 11.2. The van der Waals surface area contributed by atoms with E-state index in [-0.39, 0.29) is 26.7 Å². The van der Waals surface area contributed by atoms with Gasteiger partial charge in [0, 0.05) is 12.1 Å². The molecule has 1 heterocycles. The van der Waals surface area contributed by atoms with Crippen LogP contribution in [0.4, 0.5) is 11.5 Å². The van der Waals surface area contributed by atoms with Crippen LogP contribution in [0.15, 0.2) is 35.4 Å². The van der Waals surface area contributed by atoms with Crippen LogP contribution < -0.4 is 5.43 Å². The molecule has 0 bridgehead atoms. The minimum atomic E-state index is -0.464. The molecule has 0 spiro atoms. The van der Waals surface area contributed by atoms with Crippen molar-refractivity contribution in [1.82, 2.24) is 4.98 Å². The minimum absolute atomic E-state index is 0.0127. The average Bonchev–Trinajstić information content (AvgIpc) is 2.49. The van der Waals surface area contributed by atoms with E-state index in [0.717, 1.165) is 0 Å². The van der Waals surface area contributed by atoms with Crippen LogP contribution in [0.25, 0.3) is 0 Å². The van der Waals surface area contributed by atoms with Gasteiger partial charge in [-0.2, -0.15) is 5.10 Å². The quantitative estimate of drug-likeness (QED) is 0.368. The molecule has 114 valence electrons. The zero-order valence-corrected chi connectivity index (χ0v) is 13.4. The molecule has 6 nitrogen and oxygen atoms in total. The van der Waals surface area contributed by atoms with Crippen LogP contribution in [-0.4, -0.2) is 15.6 Å². The van der Waals surface area contributed by atoms with Crippen molar-refractivity contribution in [3.05, 3.63) is 61.2 Å². The summed E-state index contributed by atoms with van der Waals surface area (Å²) in [6, 6.07) is 7.46. The number of nitro groups is 1. The maximum absolute atomic E-state index is 10.6. The lowest BCUT2D eigenvalue weighted by Crippen LogP contribution is -2.02. The highest BCUT2D eigenvalue weighted by Gasteiger charge is 2.08. The van der Waals surface area contributed by atoms with Gasteiger partial charge in [-0.15, -0.1) is 0 Å². The van der Waals surface area contributed by atoms with E-state index in [9.17, 15) is 10.1 Å². The molecule has 1 aromatic heterocycles. The highest BCUT2D eigenvalue weighted by molar-refractivity contribution is 6.42. The molecule has 0 unspecified atom stereocenters. The van der Waals surface area contributed by atoms with Gasteiger partial charge in [-0.25, -0.2) is 4.98 Å². The number of aromatic nitrogens is 1. The number of hydrogen-bond acceptors (Lipinski definition) is 5. The van der Waals surface area contributed by atoms with E-state index in [1.165, 1.54) is 18.2 Å². The molecule has 0 radical (unpaired) electrons. The van der Waals surface area contributed by atoms with Crippen LogP contribution in [0.5, 0.6) is 0 Å². The second-order valence-corrected chi connectivity index (χ2v) is 5.38. The molecule has 0 saturated heterocycles. The predicted octanol–water partition coefficient (Wildman–Crippen LogP) is 4.79. The number of rotatable bonds is 4. The molecule has 2 rings (SSSR count). The largest absolute Gasteiger partial charge is 0.269 e. The van der Waals surface area contributed by atoms with Crippen LogP contribution >= 0.6 is 34.8 Å². The topological polar surface area (TPSA) is 80.4 Å². The molecule has 0 aliphatic heterocycles. The fourth-order valence-electron chi connectivity index (χ4n) is 1.55. The summed E-state index contributed by atoms with van der Waals surface area (Å²) >= 11 is 17.6. The maximum Gasteiger partial charge on any atom is 0.269 e. The summed E-state index contributed by atoms with van der Waals surface area (Å²) in [6.07, 6.45) is 0. The van der Waals surface area contributed by atoms with E-state index in [4.69, 9.17) is 34.8 Å². The molecule has 22 heavy (non-hydrogen) atoms. The van der Waals surface area contributed by atoms with Gasteiger partial charge in [-0.1, -0.05) is 34.8 Å². The first-order valence-electron chi connectivity index (χ1n) is 5.95. The summed E-state index contributed by atoms with van der Waals surface area (Å²) in [7, 11) is 0. The summed E-state index contributed by atoms with van der Waals surface area (Å²) in [6.45, 7) is 1.74. The number of nitrogens with one attached hydrogen (secondary N) is 1. The minimum Gasteiger partial charge on any atom is -0.260 e. The van der Waals surface area contributed by atoms with Gasteiger partial charge < -0.3 is 0 Å². The number of anilines is 1. The lowest BCUT2D eigenvalue weighted by molar-refractivity contribution is -0.384. The van der Waals surface area contributed by atoms with E-state index in [0.29, 0.717) is 11.3 Å². The summed E-state index contributed by atoms with van der Waals surface area (Å²) < 4.78 is 0. The van der Waals surface area contributed by atoms with E-state index in [1.807, 2.05) is 0 Å². The molecule has 0 aliphatic rings. The second-order valence-electron chi connectivity index (χ2n) is 4.20. The van der Waals surface area contributed by atoms with Gasteiger partial charge in [-0.05, 0) is 30.7 Å². The van der Waals surface area contributed by atoms with Crippen molar-refractivity contribution in [2.24, 2.45) is 5.10 Å². The molecule has 2 aromatic rings. The monoisotopic (exact) mass is 358 g/mol. The zero-order chi connectivity index (χ0) is 16.3. The number of hydrogen-bond donors (Lipinski definition) is 1. The normalized spacial score (nSPS) is 11.4. The number of non-ortho nitro benzene ring substituents is 1. The van der Waals surface area contributed by atoms with E-state index < -0.39 is 4.92 Å². The molecule has 1 aromatic carbocycles. The average molecular weight is 360 g/mol. The van der Waals surface area contributed by atoms with Crippen molar-refractivity contribution >= 4 is 52.0 Å². The Labute approximate surface area is 140 Å². The molecule has 0 atom stereocenters. The number of nitro benzene ring substituents is 1. The Hall–Kier alpha value is -1.89. The smallest absolute Gasteiger partial charge is 0.260 e. The Morgan fingerprint density at radius 2 is 1.86 bits per heavy atom. The Balaban J connectivity index is 2.19. The Bertz CT molecular complexity index is 748. The number of hydrazone groups is 1. The Morgan fingerprint density at radius 1 is 1.23 bits per heavy atom. The standard InChI is InChI=1S/C13H9Cl3N4O2/c1-7(8-2-4-9(5-3-8)20(21)22)18-19-13-11(15)6-10(14)12(16)17-13/h2-6H,1H3,(H,17,19). The maximum atomic E-state index is 10.6. The van der Waals surface area contributed by atoms with Gasteiger partial charge in [0.2, 0.25) is 0 Å². The summed E-state index contributed by atoms with van der Waals surface area (Å²) in [5.74, 6) is 0.261. The highest BCUT2D eigenvalue weighted by Crippen LogP contribution is 2.28. The Morgan fingerprint density at radius 3 is 2.45 bits per heavy atom. The van der Waals surface area contributed by atoms with E-state index in [1.54, 1.807) is 19.1 Å². The third kappa shape index (κ3) is 3.85. The van der Waals surface area contributed by atoms with Crippen LogP contribution in [0.3, 0.4) is 0 Å². The SMILES string of the molecule is CC(=NNc1nc(Cl)c(Cl)cc1Cl)c1ccc([N+](=O)[O-])cc1. The second kappa shape index (κ2) is 6.91. The molecule has 0 aliphatic carbocycles. The van der Waals surface area contributed by atoms with Crippen molar-refractivity contribution in [1.29, 1.82) is 0 Å². The Kier molecular flexibility index (Phi) is 5.18. The van der Waals surface area contributed by atoms with Gasteiger partial charge in [-0.3, -0.25) is 15.5 Å². The fraction of sp³-hybridized carbons (Fsp3) is 0.0769. The molecule has 0 saturated carbocycles. The van der Waals surface area contributed by atoms with Crippen molar-refractivity contribution in [2.45, 2.75) is 6.92 Å². The van der Waals surface area contributed by atoms with E-state index in [2.05, 4.69) is 15.5 Å². The van der Waals surface area contributed by atoms with Crippen LogP contribution in [-0.2, 0) is 0 Å². The lowest BCUT2D eigenvalue weighted by atomic mass is 10.1. The first kappa shape index (κ1) is 16.5. The fourth-order valence-corrected chi connectivity index (χ4v) is 2.09. The molecule has 0 amide bonds. The van der Waals surface area contributed by atoms with Crippen LogP contribution in [0.1, 0.15) is 12.5 Å². The van der Waals surface area contributed by atoms with Crippen molar-refractivity contribution in [2.75, 3.05) is 5.43 Å². The van der Waals surface area contributed by atoms with Gasteiger partial charge in [0.05, 0.1) is 20.7 Å².